The molecule has 2 aromatic rings. The number of halogens is 1. The van der Waals surface area contributed by atoms with E-state index in [1.54, 1.807) is 6.92 Å². The van der Waals surface area contributed by atoms with Gasteiger partial charge in [0.05, 0.1) is 6.20 Å². The first-order chi connectivity index (χ1) is 9.15. The summed E-state index contributed by atoms with van der Waals surface area (Å²) in [7, 11) is 0. The van der Waals surface area contributed by atoms with Crippen molar-refractivity contribution in [1.29, 1.82) is 0 Å². The molecule has 0 aliphatic heterocycles. The second-order valence-electron chi connectivity index (χ2n) is 3.53. The number of rotatable bonds is 5. The molecule has 0 saturated heterocycles. The minimum absolute atomic E-state index is 0.125. The molecule has 7 nitrogen and oxygen atoms in total. The van der Waals surface area contributed by atoms with Crippen molar-refractivity contribution in [3.05, 3.63) is 22.5 Å². The van der Waals surface area contributed by atoms with Crippen LogP contribution in [0, 0.1) is 5.82 Å². The average molecular weight is 284 g/mol. The molecule has 0 aliphatic carbocycles. The molecule has 2 rings (SSSR count). The van der Waals surface area contributed by atoms with E-state index < -0.39 is 5.82 Å². The number of nitrogens with one attached hydrogen (secondary N) is 2. The summed E-state index contributed by atoms with van der Waals surface area (Å²) >= 11 is 0.981. The van der Waals surface area contributed by atoms with Crippen LogP contribution in [0.3, 0.4) is 0 Å². The molecule has 0 fully saturated rings. The van der Waals surface area contributed by atoms with Gasteiger partial charge in [-0.15, -0.1) is 5.10 Å². The average Bonchev–Trinajstić information content (AvgIpc) is 2.74. The zero-order valence-electron chi connectivity index (χ0n) is 10.5. The predicted molar refractivity (Wildman–Crippen MR) is 68.8 cm³/mol. The van der Waals surface area contributed by atoms with Gasteiger partial charge in [-0.25, -0.2) is 24.3 Å². The Morgan fingerprint density at radius 3 is 3.00 bits per heavy atom. The van der Waals surface area contributed by atoms with Gasteiger partial charge in [0.2, 0.25) is 5.95 Å². The van der Waals surface area contributed by atoms with E-state index in [2.05, 4.69) is 25.5 Å². The first-order valence-corrected chi connectivity index (χ1v) is 6.56. The zero-order chi connectivity index (χ0) is 13.8. The fourth-order valence-corrected chi connectivity index (χ4v) is 2.28. The lowest BCUT2D eigenvalue weighted by Crippen LogP contribution is -2.16. The molecule has 0 saturated carbocycles. The van der Waals surface area contributed by atoms with Gasteiger partial charge in [-0.3, -0.25) is 4.57 Å². The van der Waals surface area contributed by atoms with Gasteiger partial charge in [-0.2, -0.15) is 0 Å². The van der Waals surface area contributed by atoms with Crippen LogP contribution in [0.2, 0.25) is 0 Å². The minimum atomic E-state index is -0.551. The molecule has 0 spiro atoms. The smallest absolute Gasteiger partial charge is 0.343 e. The third-order valence-corrected chi connectivity index (χ3v) is 3.25. The highest BCUT2D eigenvalue weighted by Gasteiger charge is 2.14. The molecule has 2 N–H and O–H groups in total. The van der Waals surface area contributed by atoms with Crippen molar-refractivity contribution in [3.63, 3.8) is 0 Å². The van der Waals surface area contributed by atoms with Crippen molar-refractivity contribution in [2.24, 2.45) is 0 Å². The normalized spacial score (nSPS) is 10.7. The SMILES string of the molecule is CCNc1ncc(F)c(Sc2n[nH]c(=O)n2CC)n1. The Balaban J connectivity index is 2.31. The van der Waals surface area contributed by atoms with Crippen LogP contribution in [0.15, 0.2) is 21.2 Å². The Hall–Kier alpha value is -1.90. The highest BCUT2D eigenvalue weighted by molar-refractivity contribution is 7.99. The second-order valence-corrected chi connectivity index (χ2v) is 4.49. The van der Waals surface area contributed by atoms with Crippen molar-refractivity contribution in [2.45, 2.75) is 30.6 Å². The zero-order valence-corrected chi connectivity index (χ0v) is 11.3. The Morgan fingerprint density at radius 2 is 2.32 bits per heavy atom. The van der Waals surface area contributed by atoms with Crippen molar-refractivity contribution in [2.75, 3.05) is 11.9 Å². The largest absolute Gasteiger partial charge is 0.354 e. The van der Waals surface area contributed by atoms with E-state index in [0.29, 0.717) is 24.2 Å². The molecule has 102 valence electrons. The molecule has 19 heavy (non-hydrogen) atoms. The third kappa shape index (κ3) is 2.92. The molecular formula is C10H13FN6OS. The van der Waals surface area contributed by atoms with Gasteiger partial charge in [-0.05, 0) is 25.6 Å². The van der Waals surface area contributed by atoms with Crippen LogP contribution in [0.1, 0.15) is 13.8 Å². The summed E-state index contributed by atoms with van der Waals surface area (Å²) < 4.78 is 15.0. The summed E-state index contributed by atoms with van der Waals surface area (Å²) in [6, 6.07) is 0. The number of hydrogen-bond donors (Lipinski definition) is 2. The van der Waals surface area contributed by atoms with Crippen LogP contribution in [0.25, 0.3) is 0 Å². The molecule has 9 heteroatoms. The lowest BCUT2D eigenvalue weighted by molar-refractivity contribution is 0.578. The molecule has 0 radical (unpaired) electrons. The van der Waals surface area contributed by atoms with Crippen LogP contribution < -0.4 is 11.0 Å². The predicted octanol–water partition coefficient (Wildman–Crippen LogP) is 1.10. The van der Waals surface area contributed by atoms with Crippen LogP contribution in [0.5, 0.6) is 0 Å². The van der Waals surface area contributed by atoms with Gasteiger partial charge < -0.3 is 5.32 Å². The molecule has 0 aliphatic rings. The van der Waals surface area contributed by atoms with E-state index in [9.17, 15) is 9.18 Å². The standard InChI is InChI=1S/C10H13FN6OS/c1-3-12-8-13-5-6(11)7(14-8)19-10-16-15-9(18)17(10)4-2/h5H,3-4H2,1-2H3,(H,15,18)(H,12,13,14). The number of aromatic amines is 1. The van der Waals surface area contributed by atoms with Crippen molar-refractivity contribution in [1.82, 2.24) is 24.7 Å². The number of H-pyrrole nitrogens is 1. The molecule has 2 heterocycles. The van der Waals surface area contributed by atoms with E-state index >= 15 is 0 Å². The fourth-order valence-electron chi connectivity index (χ4n) is 1.41. The maximum Gasteiger partial charge on any atom is 0.343 e. The number of aromatic nitrogens is 5. The molecule has 0 atom stereocenters. The Morgan fingerprint density at radius 1 is 1.53 bits per heavy atom. The first kappa shape index (κ1) is 13.5. The Bertz CT molecular complexity index is 625. The van der Waals surface area contributed by atoms with E-state index in [-0.39, 0.29) is 10.7 Å². The topological polar surface area (TPSA) is 88.5 Å². The number of nitrogens with zero attached hydrogens (tertiary/aromatic N) is 4. The maximum atomic E-state index is 13.6. The van der Waals surface area contributed by atoms with Crippen molar-refractivity contribution >= 4 is 17.7 Å². The maximum absolute atomic E-state index is 13.6. The summed E-state index contributed by atoms with van der Waals surface area (Å²) in [5.74, 6) is -0.211. The monoisotopic (exact) mass is 284 g/mol. The van der Waals surface area contributed by atoms with Crippen molar-refractivity contribution < 1.29 is 4.39 Å². The summed E-state index contributed by atoms with van der Waals surface area (Å²) in [5, 5.41) is 9.55. The van der Waals surface area contributed by atoms with Gasteiger partial charge in [0.15, 0.2) is 11.0 Å². The molecular weight excluding hydrogens is 271 g/mol. The van der Waals surface area contributed by atoms with Crippen LogP contribution in [0.4, 0.5) is 10.3 Å². The van der Waals surface area contributed by atoms with E-state index in [1.165, 1.54) is 4.57 Å². The fraction of sp³-hybridized carbons (Fsp3) is 0.400. The summed E-state index contributed by atoms with van der Waals surface area (Å²) in [6.45, 7) is 4.78. The van der Waals surface area contributed by atoms with E-state index in [1.807, 2.05) is 6.92 Å². The quantitative estimate of drug-likeness (QED) is 0.799. The molecule has 0 unspecified atom stereocenters. The number of hydrogen-bond acceptors (Lipinski definition) is 6. The van der Waals surface area contributed by atoms with Gasteiger partial charge in [0.25, 0.3) is 0 Å². The molecule has 0 aromatic carbocycles. The van der Waals surface area contributed by atoms with Crippen LogP contribution in [-0.2, 0) is 6.54 Å². The van der Waals surface area contributed by atoms with Crippen molar-refractivity contribution in [3.8, 4) is 0 Å². The summed E-state index contributed by atoms with van der Waals surface area (Å²) in [5.41, 5.74) is -0.327. The second kappa shape index (κ2) is 5.83. The molecule has 0 bridgehead atoms. The number of anilines is 1. The van der Waals surface area contributed by atoms with E-state index in [0.717, 1.165) is 18.0 Å². The lowest BCUT2D eigenvalue weighted by Gasteiger charge is -2.05. The van der Waals surface area contributed by atoms with Gasteiger partial charge >= 0.3 is 5.69 Å². The van der Waals surface area contributed by atoms with Gasteiger partial charge in [0.1, 0.15) is 5.03 Å². The van der Waals surface area contributed by atoms with Crippen LogP contribution in [-0.4, -0.2) is 31.3 Å². The highest BCUT2D eigenvalue weighted by Crippen LogP contribution is 2.26. The first-order valence-electron chi connectivity index (χ1n) is 5.75. The molecule has 2 aromatic heterocycles. The highest BCUT2D eigenvalue weighted by atomic mass is 32.2. The summed E-state index contributed by atoms with van der Waals surface area (Å²) in [6.07, 6.45) is 1.09. The van der Waals surface area contributed by atoms with Gasteiger partial charge in [-0.1, -0.05) is 0 Å². The Labute approximate surface area is 112 Å². The molecule has 0 amide bonds. The van der Waals surface area contributed by atoms with Crippen LogP contribution >= 0.6 is 11.8 Å². The lowest BCUT2D eigenvalue weighted by atomic mass is 10.6. The van der Waals surface area contributed by atoms with Gasteiger partial charge in [0, 0.05) is 13.1 Å². The summed E-state index contributed by atoms with van der Waals surface area (Å²) in [4.78, 5) is 19.3. The minimum Gasteiger partial charge on any atom is -0.354 e. The van der Waals surface area contributed by atoms with E-state index in [4.69, 9.17) is 0 Å². The Kier molecular flexibility index (Phi) is 4.15. The third-order valence-electron chi connectivity index (χ3n) is 2.27.